The Kier molecular flexibility index (Phi) is 2.13. The quantitative estimate of drug-likeness (QED) is 0.782. The summed E-state index contributed by atoms with van der Waals surface area (Å²) in [5.41, 5.74) is 0. The second kappa shape index (κ2) is 3.31. The van der Waals surface area contributed by atoms with Gasteiger partial charge in [-0.1, -0.05) is 11.6 Å². The van der Waals surface area contributed by atoms with Gasteiger partial charge in [-0.15, -0.1) is 5.10 Å². The number of aromatic hydroxyl groups is 1. The molecule has 5 heteroatoms. The smallest absolute Gasteiger partial charge is 0.167 e. The fraction of sp³-hybridized carbons (Fsp3) is 0.111. The molecular weight excluding hydrogens is 204 g/mol. The highest BCUT2D eigenvalue weighted by Gasteiger charge is 2.09. The van der Waals surface area contributed by atoms with E-state index in [1.807, 2.05) is 0 Å². The van der Waals surface area contributed by atoms with Crippen molar-refractivity contribution in [2.75, 3.05) is 7.11 Å². The maximum Gasteiger partial charge on any atom is 0.167 e. The summed E-state index contributed by atoms with van der Waals surface area (Å²) in [5.74, 6) is 0.420. The molecule has 4 nitrogen and oxygen atoms in total. The lowest BCUT2D eigenvalue weighted by Crippen LogP contribution is -1.88. The van der Waals surface area contributed by atoms with Gasteiger partial charge in [0.2, 0.25) is 0 Å². The third-order valence-electron chi connectivity index (χ3n) is 1.95. The Balaban J connectivity index is 2.84. The van der Waals surface area contributed by atoms with Crippen LogP contribution in [0.4, 0.5) is 0 Å². The van der Waals surface area contributed by atoms with Crippen LogP contribution in [-0.4, -0.2) is 22.4 Å². The lowest BCUT2D eigenvalue weighted by molar-refractivity contribution is 0.376. The summed E-state index contributed by atoms with van der Waals surface area (Å²) < 4.78 is 4.95. The molecule has 0 unspecified atom stereocenters. The lowest BCUT2D eigenvalue weighted by atomic mass is 10.2. The number of hydrogen-bond acceptors (Lipinski definition) is 4. The van der Waals surface area contributed by atoms with Gasteiger partial charge in [-0.25, -0.2) is 0 Å². The molecule has 0 radical (unpaired) electrons. The van der Waals surface area contributed by atoms with Gasteiger partial charge in [-0.3, -0.25) is 0 Å². The second-order valence-electron chi connectivity index (χ2n) is 2.71. The SMILES string of the molecule is COc1ccc2c(Cl)nncc2c1O. The Morgan fingerprint density at radius 1 is 1.36 bits per heavy atom. The molecule has 0 spiro atoms. The molecule has 0 atom stereocenters. The molecule has 0 aliphatic carbocycles. The zero-order valence-corrected chi connectivity index (χ0v) is 8.12. The molecule has 1 aromatic heterocycles. The van der Waals surface area contributed by atoms with Crippen LogP contribution >= 0.6 is 11.6 Å². The Morgan fingerprint density at radius 3 is 2.86 bits per heavy atom. The predicted octanol–water partition coefficient (Wildman–Crippen LogP) is 2.00. The van der Waals surface area contributed by atoms with Gasteiger partial charge in [0.1, 0.15) is 0 Å². The van der Waals surface area contributed by atoms with Crippen molar-refractivity contribution in [3.63, 3.8) is 0 Å². The van der Waals surface area contributed by atoms with Crippen molar-refractivity contribution in [1.29, 1.82) is 0 Å². The molecule has 0 bridgehead atoms. The number of phenolic OH excluding ortho intramolecular Hbond substituents is 1. The average molecular weight is 211 g/mol. The molecule has 1 aromatic carbocycles. The van der Waals surface area contributed by atoms with Gasteiger partial charge in [0.05, 0.1) is 18.7 Å². The van der Waals surface area contributed by atoms with E-state index in [-0.39, 0.29) is 10.9 Å². The molecule has 0 saturated heterocycles. The molecule has 1 N–H and O–H groups in total. The van der Waals surface area contributed by atoms with E-state index in [0.29, 0.717) is 16.5 Å². The highest BCUT2D eigenvalue weighted by molar-refractivity contribution is 6.34. The van der Waals surface area contributed by atoms with Crippen molar-refractivity contribution in [1.82, 2.24) is 10.2 Å². The molecule has 2 rings (SSSR count). The van der Waals surface area contributed by atoms with Crippen LogP contribution in [0.2, 0.25) is 5.15 Å². The molecule has 72 valence electrons. The minimum atomic E-state index is 0.0294. The van der Waals surface area contributed by atoms with Crippen molar-refractivity contribution in [3.05, 3.63) is 23.5 Å². The van der Waals surface area contributed by atoms with Gasteiger partial charge in [0.25, 0.3) is 0 Å². The molecule has 0 aliphatic heterocycles. The summed E-state index contributed by atoms with van der Waals surface area (Å²) in [6, 6.07) is 3.36. The second-order valence-corrected chi connectivity index (χ2v) is 3.07. The zero-order chi connectivity index (χ0) is 10.1. The third kappa shape index (κ3) is 1.24. The molecule has 0 aliphatic rings. The van der Waals surface area contributed by atoms with Crippen molar-refractivity contribution >= 4 is 22.4 Å². The summed E-state index contributed by atoms with van der Waals surface area (Å²) in [6.45, 7) is 0. The summed E-state index contributed by atoms with van der Waals surface area (Å²) in [7, 11) is 1.48. The van der Waals surface area contributed by atoms with Gasteiger partial charge < -0.3 is 9.84 Å². The van der Waals surface area contributed by atoms with Crippen LogP contribution in [0, 0.1) is 0 Å². The van der Waals surface area contributed by atoms with E-state index in [9.17, 15) is 5.11 Å². The first-order valence-corrected chi connectivity index (χ1v) is 4.28. The number of fused-ring (bicyclic) bond motifs is 1. The molecule has 0 amide bonds. The molecule has 14 heavy (non-hydrogen) atoms. The van der Waals surface area contributed by atoms with Crippen LogP contribution in [0.3, 0.4) is 0 Å². The first-order chi connectivity index (χ1) is 6.74. The number of nitrogens with zero attached hydrogens (tertiary/aromatic N) is 2. The van der Waals surface area contributed by atoms with Crippen LogP contribution in [0.25, 0.3) is 10.8 Å². The average Bonchev–Trinajstić information content (AvgIpc) is 2.20. The van der Waals surface area contributed by atoms with Gasteiger partial charge in [0.15, 0.2) is 16.7 Å². The minimum Gasteiger partial charge on any atom is -0.504 e. The molecule has 2 aromatic rings. The van der Waals surface area contributed by atoms with Crippen LogP contribution in [0.15, 0.2) is 18.3 Å². The van der Waals surface area contributed by atoms with Gasteiger partial charge in [-0.05, 0) is 12.1 Å². The highest BCUT2D eigenvalue weighted by atomic mass is 35.5. The maximum absolute atomic E-state index is 9.72. The van der Waals surface area contributed by atoms with Crippen molar-refractivity contribution in [2.24, 2.45) is 0 Å². The number of rotatable bonds is 1. The maximum atomic E-state index is 9.72. The molecule has 0 saturated carbocycles. The molecular formula is C9H7ClN2O2. The van der Waals surface area contributed by atoms with Crippen LogP contribution < -0.4 is 4.74 Å². The highest BCUT2D eigenvalue weighted by Crippen LogP contribution is 2.35. The predicted molar refractivity (Wildman–Crippen MR) is 52.8 cm³/mol. The van der Waals surface area contributed by atoms with Crippen molar-refractivity contribution in [2.45, 2.75) is 0 Å². The fourth-order valence-corrected chi connectivity index (χ4v) is 1.46. The Bertz CT molecular complexity index is 487. The number of halogens is 1. The third-order valence-corrected chi connectivity index (χ3v) is 2.23. The number of ether oxygens (including phenoxy) is 1. The summed E-state index contributed by atoms with van der Waals surface area (Å²) in [5, 5.41) is 18.5. The standard InChI is InChI=1S/C9H7ClN2O2/c1-14-7-3-2-5-6(8(7)13)4-11-12-9(5)10/h2-4,13H,1H3. The van der Waals surface area contributed by atoms with E-state index in [1.165, 1.54) is 13.3 Å². The first kappa shape index (κ1) is 9.02. The zero-order valence-electron chi connectivity index (χ0n) is 7.36. The number of aromatic nitrogens is 2. The molecule has 0 fully saturated rings. The monoisotopic (exact) mass is 210 g/mol. The van der Waals surface area contributed by atoms with Gasteiger partial charge in [-0.2, -0.15) is 5.10 Å². The van der Waals surface area contributed by atoms with E-state index in [2.05, 4.69) is 10.2 Å². The summed E-state index contributed by atoms with van der Waals surface area (Å²) in [4.78, 5) is 0. The number of phenols is 1. The van der Waals surface area contributed by atoms with Crippen molar-refractivity contribution in [3.8, 4) is 11.5 Å². The van der Waals surface area contributed by atoms with Crippen LogP contribution in [0.5, 0.6) is 11.5 Å². The van der Waals surface area contributed by atoms with Gasteiger partial charge >= 0.3 is 0 Å². The van der Waals surface area contributed by atoms with E-state index < -0.39 is 0 Å². The van der Waals surface area contributed by atoms with Crippen molar-refractivity contribution < 1.29 is 9.84 Å². The number of methoxy groups -OCH3 is 1. The molecule has 1 heterocycles. The van der Waals surface area contributed by atoms with E-state index >= 15 is 0 Å². The normalized spacial score (nSPS) is 10.4. The topological polar surface area (TPSA) is 55.2 Å². The Morgan fingerprint density at radius 2 is 2.14 bits per heavy atom. The summed E-state index contributed by atoms with van der Waals surface area (Å²) >= 11 is 5.80. The van der Waals surface area contributed by atoms with E-state index in [4.69, 9.17) is 16.3 Å². The summed E-state index contributed by atoms with van der Waals surface area (Å²) in [6.07, 6.45) is 1.44. The van der Waals surface area contributed by atoms with Gasteiger partial charge in [0, 0.05) is 5.39 Å². The fourth-order valence-electron chi connectivity index (χ4n) is 1.25. The largest absolute Gasteiger partial charge is 0.504 e. The van der Waals surface area contributed by atoms with Crippen LogP contribution in [-0.2, 0) is 0 Å². The Hall–Kier alpha value is -1.55. The number of benzene rings is 1. The number of hydrogen-bond donors (Lipinski definition) is 1. The Labute approximate surface area is 85.1 Å². The van der Waals surface area contributed by atoms with Crippen LogP contribution in [0.1, 0.15) is 0 Å². The lowest BCUT2D eigenvalue weighted by Gasteiger charge is -2.05. The van der Waals surface area contributed by atoms with E-state index in [1.54, 1.807) is 12.1 Å². The first-order valence-electron chi connectivity index (χ1n) is 3.91. The minimum absolute atomic E-state index is 0.0294. The van der Waals surface area contributed by atoms with E-state index in [0.717, 1.165) is 0 Å².